The van der Waals surface area contributed by atoms with Crippen LogP contribution in [0.25, 0.3) is 17.6 Å². The van der Waals surface area contributed by atoms with Crippen LogP contribution < -0.4 is 0 Å². The van der Waals surface area contributed by atoms with Gasteiger partial charge in [0.05, 0.1) is 11.1 Å². The van der Waals surface area contributed by atoms with E-state index in [0.717, 1.165) is 22.5 Å². The van der Waals surface area contributed by atoms with Gasteiger partial charge in [-0.25, -0.2) is 9.97 Å². The highest BCUT2D eigenvalue weighted by molar-refractivity contribution is 5.73. The topological polar surface area (TPSA) is 109 Å². The Morgan fingerprint density at radius 1 is 1.04 bits per heavy atom. The number of H-pyrrole nitrogens is 2. The van der Waals surface area contributed by atoms with Crippen molar-refractivity contribution in [3.05, 3.63) is 77.5 Å². The highest BCUT2D eigenvalue weighted by atomic mass is 15.5. The molecular formula is C18H14N8. The Kier molecular flexibility index (Phi) is 3.21. The quantitative estimate of drug-likeness (QED) is 0.589. The molecule has 0 radical (unpaired) electrons. The summed E-state index contributed by atoms with van der Waals surface area (Å²) in [7, 11) is 0. The predicted molar refractivity (Wildman–Crippen MR) is 93.8 cm³/mol. The Labute approximate surface area is 148 Å². The molecule has 8 heteroatoms. The van der Waals surface area contributed by atoms with Crippen LogP contribution in [0.2, 0.25) is 0 Å². The third kappa shape index (κ3) is 2.16. The third-order valence-corrected chi connectivity index (χ3v) is 4.76. The van der Waals surface area contributed by atoms with Crippen molar-refractivity contribution in [2.45, 2.75) is 11.8 Å². The summed E-state index contributed by atoms with van der Waals surface area (Å²) in [6, 6.07) is 12.3. The fourth-order valence-electron chi connectivity index (χ4n) is 3.51. The first-order valence-corrected chi connectivity index (χ1v) is 8.19. The Morgan fingerprint density at radius 3 is 2.73 bits per heavy atom. The van der Waals surface area contributed by atoms with Gasteiger partial charge in [-0.1, -0.05) is 42.5 Å². The van der Waals surface area contributed by atoms with Crippen molar-refractivity contribution in [2.24, 2.45) is 0 Å². The lowest BCUT2D eigenvalue weighted by Crippen LogP contribution is -2.31. The minimum atomic E-state index is -0.391. The van der Waals surface area contributed by atoms with Crippen molar-refractivity contribution in [2.75, 3.05) is 0 Å². The Morgan fingerprint density at radius 2 is 1.96 bits per heavy atom. The van der Waals surface area contributed by atoms with Gasteiger partial charge >= 0.3 is 0 Å². The van der Waals surface area contributed by atoms with E-state index >= 15 is 0 Å². The fraction of sp³-hybridized carbons (Fsp3) is 0.111. The van der Waals surface area contributed by atoms with Gasteiger partial charge in [-0.15, -0.1) is 10.2 Å². The van der Waals surface area contributed by atoms with E-state index in [2.05, 4.69) is 65.1 Å². The van der Waals surface area contributed by atoms with Gasteiger partial charge in [-0.2, -0.15) is 10.3 Å². The number of benzene rings is 1. The van der Waals surface area contributed by atoms with Gasteiger partial charge in [0.25, 0.3) is 0 Å². The summed E-state index contributed by atoms with van der Waals surface area (Å²) in [6.45, 7) is 0. The summed E-state index contributed by atoms with van der Waals surface area (Å²) >= 11 is 0. The van der Waals surface area contributed by atoms with Crippen LogP contribution in [-0.4, -0.2) is 40.8 Å². The van der Waals surface area contributed by atoms with E-state index in [0.29, 0.717) is 17.9 Å². The zero-order valence-corrected chi connectivity index (χ0v) is 13.7. The van der Waals surface area contributed by atoms with Crippen LogP contribution >= 0.6 is 0 Å². The maximum absolute atomic E-state index is 4.54. The van der Waals surface area contributed by atoms with Crippen molar-refractivity contribution >= 4 is 6.08 Å². The van der Waals surface area contributed by atoms with E-state index in [1.165, 1.54) is 0 Å². The molecule has 0 amide bonds. The van der Waals surface area contributed by atoms with Crippen LogP contribution in [0.15, 0.2) is 55.0 Å². The van der Waals surface area contributed by atoms with Gasteiger partial charge in [-0.3, -0.25) is 5.10 Å². The fourth-order valence-corrected chi connectivity index (χ4v) is 3.51. The number of nitrogens with zero attached hydrogens (tertiary/aromatic N) is 6. The van der Waals surface area contributed by atoms with Crippen molar-refractivity contribution in [1.82, 2.24) is 40.8 Å². The molecule has 8 nitrogen and oxygen atoms in total. The standard InChI is InChI=1S/C18H14N8/c1-2-4-12(5-3-1)18(15-7-9-19-11-20-15)8-6-13-14(10-18)21-22-16(13)17-23-25-26-24-17/h1-9,11H,10H2,(H,21,22)(H,23,24,25,26). The molecule has 0 aliphatic heterocycles. The molecule has 5 rings (SSSR count). The maximum Gasteiger partial charge on any atom is 0.225 e. The molecule has 2 N–H and O–H groups in total. The van der Waals surface area contributed by atoms with Crippen LogP contribution in [-0.2, 0) is 11.8 Å². The summed E-state index contributed by atoms with van der Waals surface area (Å²) < 4.78 is 0. The average molecular weight is 342 g/mol. The number of aromatic nitrogens is 8. The summed E-state index contributed by atoms with van der Waals surface area (Å²) in [5.41, 5.74) is 4.39. The zero-order valence-electron chi connectivity index (χ0n) is 13.7. The van der Waals surface area contributed by atoms with Crippen LogP contribution in [0.3, 0.4) is 0 Å². The van der Waals surface area contributed by atoms with Gasteiger partial charge in [0.15, 0.2) is 0 Å². The van der Waals surface area contributed by atoms with Crippen molar-refractivity contribution in [1.29, 1.82) is 0 Å². The Bertz CT molecular complexity index is 1010. The molecule has 0 bridgehead atoms. The Hall–Kier alpha value is -3.68. The molecule has 1 aliphatic carbocycles. The number of hydrogen-bond acceptors (Lipinski definition) is 6. The molecule has 0 spiro atoms. The first-order chi connectivity index (χ1) is 12.9. The smallest absolute Gasteiger partial charge is 0.225 e. The minimum Gasteiger partial charge on any atom is -0.281 e. The van der Waals surface area contributed by atoms with Gasteiger partial charge < -0.3 is 0 Å². The molecule has 4 aromatic rings. The number of tetrazole rings is 1. The van der Waals surface area contributed by atoms with E-state index in [-0.39, 0.29) is 0 Å². The third-order valence-electron chi connectivity index (χ3n) is 4.76. The molecule has 1 aromatic carbocycles. The molecular weight excluding hydrogens is 328 g/mol. The summed E-state index contributed by atoms with van der Waals surface area (Å²) in [6.07, 6.45) is 8.29. The molecule has 0 fully saturated rings. The molecule has 1 unspecified atom stereocenters. The molecule has 26 heavy (non-hydrogen) atoms. The lowest BCUT2D eigenvalue weighted by Gasteiger charge is -2.33. The van der Waals surface area contributed by atoms with Crippen molar-refractivity contribution in [3.63, 3.8) is 0 Å². The second-order valence-electron chi connectivity index (χ2n) is 6.14. The molecule has 0 saturated heterocycles. The van der Waals surface area contributed by atoms with Gasteiger partial charge in [0.2, 0.25) is 5.82 Å². The molecule has 1 atom stereocenters. The Balaban J connectivity index is 1.67. The molecule has 3 heterocycles. The summed E-state index contributed by atoms with van der Waals surface area (Å²) in [5.74, 6) is 0.474. The molecule has 3 aromatic heterocycles. The average Bonchev–Trinajstić information content (AvgIpc) is 3.38. The molecule has 1 aliphatic rings. The highest BCUT2D eigenvalue weighted by Gasteiger charge is 2.38. The van der Waals surface area contributed by atoms with Crippen LogP contribution in [0.1, 0.15) is 22.5 Å². The number of rotatable bonds is 3. The number of fused-ring (bicyclic) bond motifs is 1. The van der Waals surface area contributed by atoms with Gasteiger partial charge in [0.1, 0.15) is 12.0 Å². The van der Waals surface area contributed by atoms with Gasteiger partial charge in [0, 0.05) is 23.9 Å². The SMILES string of the molecule is C1=CC(c2ccccc2)(c2ccncn2)Cc2[nH]nc(-c3nn[nH]n3)c21. The van der Waals surface area contributed by atoms with E-state index in [9.17, 15) is 0 Å². The first-order valence-electron chi connectivity index (χ1n) is 8.19. The zero-order chi connectivity index (χ0) is 17.4. The lowest BCUT2D eigenvalue weighted by atomic mass is 9.70. The van der Waals surface area contributed by atoms with Crippen molar-refractivity contribution < 1.29 is 0 Å². The van der Waals surface area contributed by atoms with Crippen LogP contribution in [0.4, 0.5) is 0 Å². The maximum atomic E-state index is 4.54. The van der Waals surface area contributed by atoms with Crippen LogP contribution in [0, 0.1) is 0 Å². The number of nitrogens with one attached hydrogen (secondary N) is 2. The summed E-state index contributed by atoms with van der Waals surface area (Å²) in [5, 5.41) is 21.7. The normalized spacial score (nSPS) is 18.6. The second-order valence-corrected chi connectivity index (χ2v) is 6.14. The van der Waals surface area contributed by atoms with Gasteiger partial charge in [-0.05, 0) is 16.8 Å². The first kappa shape index (κ1) is 14.6. The van der Waals surface area contributed by atoms with E-state index < -0.39 is 5.41 Å². The van der Waals surface area contributed by atoms with Crippen molar-refractivity contribution in [3.8, 4) is 11.5 Å². The monoisotopic (exact) mass is 342 g/mol. The lowest BCUT2D eigenvalue weighted by molar-refractivity contribution is 0.598. The largest absolute Gasteiger partial charge is 0.281 e. The minimum absolute atomic E-state index is 0.391. The van der Waals surface area contributed by atoms with Crippen LogP contribution in [0.5, 0.6) is 0 Å². The van der Waals surface area contributed by atoms with E-state index in [1.807, 2.05) is 24.3 Å². The molecule has 0 saturated carbocycles. The number of aromatic amines is 2. The second kappa shape index (κ2) is 5.69. The summed E-state index contributed by atoms with van der Waals surface area (Å²) in [4.78, 5) is 8.61. The number of hydrogen-bond donors (Lipinski definition) is 2. The number of allylic oxidation sites excluding steroid dienone is 1. The van der Waals surface area contributed by atoms with E-state index in [1.54, 1.807) is 12.5 Å². The predicted octanol–water partition coefficient (Wildman–Crippen LogP) is 1.94. The van der Waals surface area contributed by atoms with E-state index in [4.69, 9.17) is 0 Å². The molecule has 126 valence electrons. The highest BCUT2D eigenvalue weighted by Crippen LogP contribution is 2.41.